The molecule has 0 amide bonds. The molecule has 0 bridgehead atoms. The van der Waals surface area contributed by atoms with Crippen molar-refractivity contribution >= 4 is 21.8 Å². The largest absolute Gasteiger partial charge is 2.00 e. The standard InChI is InChI=1S/C30H21N3O.Pt/c1-20-13-14-21(2)32-30(20)33-27-11-4-3-10-25(27)26-16-15-23(19-28(26)33)22-8-7-9-24(18-22)34-29-12-5-6-17-31-29;/h3-17H,1-2H3;/q-2;+2. The van der Waals surface area contributed by atoms with Crippen molar-refractivity contribution in [2.75, 3.05) is 0 Å². The van der Waals surface area contributed by atoms with Crippen LogP contribution >= 0.6 is 0 Å². The van der Waals surface area contributed by atoms with Crippen LogP contribution in [0.4, 0.5) is 0 Å². The Bertz CT molecular complexity index is 1660. The summed E-state index contributed by atoms with van der Waals surface area (Å²) in [4.78, 5) is 9.13. The number of hydrogen-bond acceptors (Lipinski definition) is 3. The average molecular weight is 635 g/mol. The van der Waals surface area contributed by atoms with Crippen molar-refractivity contribution in [3.8, 4) is 28.6 Å². The molecule has 0 saturated carbocycles. The molecule has 6 rings (SSSR count). The summed E-state index contributed by atoms with van der Waals surface area (Å²) >= 11 is 0. The van der Waals surface area contributed by atoms with E-state index in [4.69, 9.17) is 9.72 Å². The number of aromatic nitrogens is 3. The van der Waals surface area contributed by atoms with E-state index in [1.165, 1.54) is 5.39 Å². The molecule has 0 atom stereocenters. The van der Waals surface area contributed by atoms with Crippen LogP contribution in [0.2, 0.25) is 0 Å². The van der Waals surface area contributed by atoms with Gasteiger partial charge >= 0.3 is 21.1 Å². The Labute approximate surface area is 218 Å². The van der Waals surface area contributed by atoms with Crippen molar-refractivity contribution in [3.05, 3.63) is 115 Å². The molecule has 0 aliphatic rings. The number of rotatable bonds is 4. The van der Waals surface area contributed by atoms with Gasteiger partial charge in [-0.2, -0.15) is 24.3 Å². The molecule has 0 aliphatic heterocycles. The molecule has 35 heavy (non-hydrogen) atoms. The van der Waals surface area contributed by atoms with Gasteiger partial charge in [0.1, 0.15) is 5.82 Å². The van der Waals surface area contributed by atoms with Crippen LogP contribution in [0.15, 0.2) is 91.1 Å². The maximum absolute atomic E-state index is 5.90. The summed E-state index contributed by atoms with van der Waals surface area (Å²) in [6.45, 7) is 4.12. The average Bonchev–Trinajstić information content (AvgIpc) is 3.20. The SMILES string of the molecule is Cc1ccc(C)c(-n2c3[c-]c(-c4[c-]c(Oc5ccccn5)ccc4)ccc3c3ccccc32)n1.[Pt+2]. The zero-order chi connectivity index (χ0) is 23.1. The van der Waals surface area contributed by atoms with Gasteiger partial charge in [-0.3, -0.25) is 0 Å². The molecular formula is C30H21N3OPt. The zero-order valence-electron chi connectivity index (χ0n) is 19.2. The summed E-state index contributed by atoms with van der Waals surface area (Å²) in [6.07, 6.45) is 1.71. The Hall–Kier alpha value is -3.75. The Morgan fingerprint density at radius 1 is 0.743 bits per heavy atom. The van der Waals surface area contributed by atoms with Crippen molar-refractivity contribution in [1.29, 1.82) is 0 Å². The van der Waals surface area contributed by atoms with Gasteiger partial charge in [0, 0.05) is 29.2 Å². The molecule has 0 unspecified atom stereocenters. The molecule has 5 heteroatoms. The molecule has 3 heterocycles. The maximum atomic E-state index is 5.90. The quantitative estimate of drug-likeness (QED) is 0.192. The number of aryl methyl sites for hydroxylation is 2. The van der Waals surface area contributed by atoms with Gasteiger partial charge < -0.3 is 9.30 Å². The monoisotopic (exact) mass is 634 g/mol. The number of benzene rings is 3. The van der Waals surface area contributed by atoms with E-state index in [1.54, 1.807) is 6.20 Å². The van der Waals surface area contributed by atoms with E-state index in [0.29, 0.717) is 11.6 Å². The van der Waals surface area contributed by atoms with Crippen LogP contribution in [0, 0.1) is 26.0 Å². The van der Waals surface area contributed by atoms with Crippen LogP contribution in [0.25, 0.3) is 38.8 Å². The van der Waals surface area contributed by atoms with Crippen molar-refractivity contribution in [3.63, 3.8) is 0 Å². The van der Waals surface area contributed by atoms with Crippen molar-refractivity contribution in [2.24, 2.45) is 0 Å². The molecular weight excluding hydrogens is 613 g/mol. The normalized spacial score (nSPS) is 10.9. The second-order valence-corrected chi connectivity index (χ2v) is 8.28. The minimum Gasteiger partial charge on any atom is -0.460 e. The first-order chi connectivity index (χ1) is 16.7. The molecule has 0 N–H and O–H groups in total. The molecule has 0 radical (unpaired) electrons. The molecule has 0 spiro atoms. The fourth-order valence-corrected chi connectivity index (χ4v) is 4.29. The predicted octanol–water partition coefficient (Wildman–Crippen LogP) is 7.25. The van der Waals surface area contributed by atoms with E-state index in [9.17, 15) is 0 Å². The number of pyridine rings is 2. The van der Waals surface area contributed by atoms with E-state index >= 15 is 0 Å². The van der Waals surface area contributed by atoms with E-state index in [0.717, 1.165) is 44.6 Å². The van der Waals surface area contributed by atoms with E-state index in [1.807, 2.05) is 49.4 Å². The Morgan fingerprint density at radius 3 is 2.43 bits per heavy atom. The summed E-state index contributed by atoms with van der Waals surface area (Å²) in [5, 5.41) is 2.32. The topological polar surface area (TPSA) is 39.9 Å². The van der Waals surface area contributed by atoms with Gasteiger partial charge in [-0.25, -0.2) is 21.1 Å². The minimum absolute atomic E-state index is 0. The van der Waals surface area contributed by atoms with Gasteiger partial charge in [0.2, 0.25) is 5.88 Å². The molecule has 0 fully saturated rings. The number of nitrogens with zero attached hydrogens (tertiary/aromatic N) is 3. The summed E-state index contributed by atoms with van der Waals surface area (Å²) < 4.78 is 8.12. The van der Waals surface area contributed by atoms with Gasteiger partial charge in [-0.05, 0) is 48.5 Å². The second-order valence-electron chi connectivity index (χ2n) is 8.28. The number of ether oxygens (including phenoxy) is 1. The van der Waals surface area contributed by atoms with Gasteiger partial charge in [0.15, 0.2) is 0 Å². The number of fused-ring (bicyclic) bond motifs is 3. The van der Waals surface area contributed by atoms with Crippen LogP contribution in [-0.2, 0) is 21.1 Å². The summed E-state index contributed by atoms with van der Waals surface area (Å²) in [6, 6.07) is 35.3. The van der Waals surface area contributed by atoms with Crippen LogP contribution in [0.3, 0.4) is 0 Å². The number of para-hydroxylation sites is 1. The summed E-state index contributed by atoms with van der Waals surface area (Å²) in [5.74, 6) is 2.08. The predicted molar refractivity (Wildman–Crippen MR) is 135 cm³/mol. The van der Waals surface area contributed by atoms with Gasteiger partial charge in [-0.1, -0.05) is 35.7 Å². The Kier molecular flexibility index (Phi) is 6.23. The number of hydrogen-bond donors (Lipinski definition) is 0. The minimum atomic E-state index is 0. The molecule has 0 saturated heterocycles. The molecule has 172 valence electrons. The van der Waals surface area contributed by atoms with Gasteiger partial charge in [0.05, 0.1) is 0 Å². The third-order valence-corrected chi connectivity index (χ3v) is 5.92. The summed E-state index contributed by atoms with van der Waals surface area (Å²) in [5.41, 5.74) is 6.04. The van der Waals surface area contributed by atoms with Crippen molar-refractivity contribution in [1.82, 2.24) is 14.5 Å². The van der Waals surface area contributed by atoms with Crippen LogP contribution in [0.5, 0.6) is 11.6 Å². The van der Waals surface area contributed by atoms with Crippen molar-refractivity contribution in [2.45, 2.75) is 13.8 Å². The molecule has 3 aromatic carbocycles. The first kappa shape index (κ1) is 23.0. The Morgan fingerprint density at radius 2 is 1.57 bits per heavy atom. The molecule has 6 aromatic rings. The fourth-order valence-electron chi connectivity index (χ4n) is 4.29. The fraction of sp³-hybridized carbons (Fsp3) is 0.0667. The smallest absolute Gasteiger partial charge is 0.460 e. The molecule has 3 aromatic heterocycles. The van der Waals surface area contributed by atoms with Crippen LogP contribution in [0.1, 0.15) is 11.3 Å². The third-order valence-electron chi connectivity index (χ3n) is 5.92. The van der Waals surface area contributed by atoms with Gasteiger partial charge in [-0.15, -0.1) is 18.2 Å². The first-order valence-electron chi connectivity index (χ1n) is 11.2. The van der Waals surface area contributed by atoms with Crippen LogP contribution < -0.4 is 4.74 Å². The summed E-state index contributed by atoms with van der Waals surface area (Å²) in [7, 11) is 0. The molecule has 4 nitrogen and oxygen atoms in total. The van der Waals surface area contributed by atoms with E-state index in [2.05, 4.69) is 71.1 Å². The maximum Gasteiger partial charge on any atom is 2.00 e. The second kappa shape index (κ2) is 9.48. The first-order valence-corrected chi connectivity index (χ1v) is 11.2. The van der Waals surface area contributed by atoms with Crippen molar-refractivity contribution < 1.29 is 25.8 Å². The van der Waals surface area contributed by atoms with E-state index in [-0.39, 0.29) is 21.1 Å². The van der Waals surface area contributed by atoms with Gasteiger partial charge in [0.25, 0.3) is 0 Å². The zero-order valence-corrected chi connectivity index (χ0v) is 21.5. The van der Waals surface area contributed by atoms with E-state index < -0.39 is 0 Å². The third kappa shape index (κ3) is 4.26. The Balaban J connectivity index is 0.00000253. The molecule has 0 aliphatic carbocycles. The van der Waals surface area contributed by atoms with Crippen LogP contribution in [-0.4, -0.2) is 14.5 Å².